The van der Waals surface area contributed by atoms with Crippen LogP contribution < -0.4 is 19.7 Å². The van der Waals surface area contributed by atoms with Gasteiger partial charge in [0.05, 0.1) is 6.04 Å². The lowest BCUT2D eigenvalue weighted by molar-refractivity contribution is -0.118. The number of anilines is 1. The molecule has 1 heterocycles. The number of hydrogen-bond acceptors (Lipinski definition) is 8. The molecule has 1 amide bonds. The number of hydrogen-bond donors (Lipinski definition) is 3. The van der Waals surface area contributed by atoms with E-state index in [0.717, 1.165) is 16.7 Å². The molecule has 0 saturated carbocycles. The van der Waals surface area contributed by atoms with Gasteiger partial charge in [0.15, 0.2) is 0 Å². The van der Waals surface area contributed by atoms with Gasteiger partial charge in [-0.3, -0.25) is 15.4 Å². The van der Waals surface area contributed by atoms with Crippen molar-refractivity contribution in [2.24, 2.45) is 0 Å². The van der Waals surface area contributed by atoms with Crippen LogP contribution in [0.25, 0.3) is 11.1 Å². The summed E-state index contributed by atoms with van der Waals surface area (Å²) >= 11 is 0. The average Bonchev–Trinajstić information content (AvgIpc) is 3.50. The number of nitrogens with zero attached hydrogens (tertiary/aromatic N) is 3. The van der Waals surface area contributed by atoms with Crippen molar-refractivity contribution < 1.29 is 18.4 Å². The number of rotatable bonds is 12. The monoisotopic (exact) mass is 554 g/mol. The van der Waals surface area contributed by atoms with E-state index in [-0.39, 0.29) is 12.2 Å². The van der Waals surface area contributed by atoms with Crippen molar-refractivity contribution in [3.05, 3.63) is 121 Å². The lowest BCUT2D eigenvalue weighted by Crippen LogP contribution is -2.43. The molecule has 5 aromatic rings. The molecule has 0 spiro atoms. The Balaban J connectivity index is 1.36. The molecule has 3 N–H and O–H groups in total. The van der Waals surface area contributed by atoms with E-state index in [4.69, 9.17) is 9.05 Å². The number of aromatic nitrogens is 4. The van der Waals surface area contributed by atoms with Gasteiger partial charge in [-0.15, -0.1) is 0 Å². The van der Waals surface area contributed by atoms with Crippen molar-refractivity contribution in [1.82, 2.24) is 25.9 Å². The van der Waals surface area contributed by atoms with Crippen LogP contribution >= 0.6 is 7.60 Å². The zero-order valence-electron chi connectivity index (χ0n) is 21.4. The first-order chi connectivity index (χ1) is 19.6. The number of amides is 1. The number of nitrogens with one attached hydrogen (secondary N) is 3. The molecule has 0 aliphatic carbocycles. The Morgan fingerprint density at radius 1 is 0.775 bits per heavy atom. The highest BCUT2D eigenvalue weighted by Gasteiger charge is 2.31. The summed E-state index contributed by atoms with van der Waals surface area (Å²) in [6.45, 7) is 0. The molecular formula is C29H27N6O4P. The van der Waals surface area contributed by atoms with Crippen molar-refractivity contribution in [1.29, 1.82) is 0 Å². The molecule has 0 bridgehead atoms. The Bertz CT molecular complexity index is 1490. The van der Waals surface area contributed by atoms with Crippen molar-refractivity contribution in [3.63, 3.8) is 0 Å². The van der Waals surface area contributed by atoms with Crippen molar-refractivity contribution in [3.8, 4) is 22.6 Å². The van der Waals surface area contributed by atoms with Gasteiger partial charge in [-0.1, -0.05) is 96.1 Å². The van der Waals surface area contributed by atoms with Gasteiger partial charge in [-0.05, 0) is 57.8 Å². The van der Waals surface area contributed by atoms with Crippen LogP contribution in [0, 0.1) is 0 Å². The van der Waals surface area contributed by atoms with Gasteiger partial charge in [-0.2, -0.15) is 0 Å². The summed E-state index contributed by atoms with van der Waals surface area (Å²) in [4.78, 5) is 13.3. The van der Waals surface area contributed by atoms with Gasteiger partial charge >= 0.3 is 7.60 Å². The number of aromatic amines is 1. The highest BCUT2D eigenvalue weighted by atomic mass is 31.2. The molecule has 0 saturated heterocycles. The molecule has 0 fully saturated rings. The first kappa shape index (κ1) is 26.8. The molecule has 1 atom stereocenters. The molecule has 11 heteroatoms. The van der Waals surface area contributed by atoms with E-state index in [1.165, 1.54) is 0 Å². The summed E-state index contributed by atoms with van der Waals surface area (Å²) in [7, 11) is -3.82. The Hall–Kier alpha value is -4.79. The zero-order chi connectivity index (χ0) is 27.6. The Kier molecular flexibility index (Phi) is 8.60. The van der Waals surface area contributed by atoms with Crippen LogP contribution in [0.4, 0.5) is 5.95 Å². The van der Waals surface area contributed by atoms with Gasteiger partial charge in [0.2, 0.25) is 11.9 Å². The van der Waals surface area contributed by atoms with E-state index in [1.54, 1.807) is 48.5 Å². The van der Waals surface area contributed by atoms with Crippen LogP contribution in [0.15, 0.2) is 115 Å². The van der Waals surface area contributed by atoms with E-state index >= 15 is 0 Å². The van der Waals surface area contributed by atoms with Gasteiger partial charge in [-0.25, -0.2) is 9.66 Å². The number of para-hydroxylation sites is 2. The molecule has 0 aliphatic rings. The van der Waals surface area contributed by atoms with Gasteiger partial charge in [0, 0.05) is 0 Å². The average molecular weight is 555 g/mol. The third-order valence-electron chi connectivity index (χ3n) is 5.91. The van der Waals surface area contributed by atoms with E-state index in [2.05, 4.69) is 31.3 Å². The number of benzene rings is 4. The van der Waals surface area contributed by atoms with Gasteiger partial charge in [0.1, 0.15) is 17.8 Å². The lowest BCUT2D eigenvalue weighted by Gasteiger charge is -2.23. The van der Waals surface area contributed by atoms with Crippen LogP contribution in [0.1, 0.15) is 5.56 Å². The second kappa shape index (κ2) is 12.8. The normalized spacial score (nSPS) is 11.9. The maximum Gasteiger partial charge on any atom is 0.444 e. The summed E-state index contributed by atoms with van der Waals surface area (Å²) in [5, 5.41) is 19.0. The molecule has 10 nitrogen and oxygen atoms in total. The summed E-state index contributed by atoms with van der Waals surface area (Å²) < 4.78 is 25.7. The van der Waals surface area contributed by atoms with Crippen molar-refractivity contribution in [2.45, 2.75) is 12.5 Å². The fourth-order valence-electron chi connectivity index (χ4n) is 3.96. The van der Waals surface area contributed by atoms with Crippen LogP contribution in [0.5, 0.6) is 11.5 Å². The summed E-state index contributed by atoms with van der Waals surface area (Å²) in [6.07, 6.45) is 0.0464. The first-order valence-electron chi connectivity index (χ1n) is 12.6. The molecule has 1 aromatic heterocycles. The molecule has 5 rings (SSSR count). The number of carbonyl (C=O) groups excluding carboxylic acids is 1. The van der Waals surface area contributed by atoms with Gasteiger partial charge in [0.25, 0.3) is 0 Å². The van der Waals surface area contributed by atoms with E-state index < -0.39 is 19.5 Å². The van der Waals surface area contributed by atoms with E-state index in [1.807, 2.05) is 66.7 Å². The van der Waals surface area contributed by atoms with Crippen molar-refractivity contribution >= 4 is 19.5 Å². The third-order valence-corrected chi connectivity index (χ3v) is 7.46. The third kappa shape index (κ3) is 7.41. The largest absolute Gasteiger partial charge is 0.444 e. The zero-order valence-corrected chi connectivity index (χ0v) is 22.3. The minimum atomic E-state index is -3.82. The first-order valence-corrected chi connectivity index (χ1v) is 14.3. The molecular weight excluding hydrogens is 527 g/mol. The predicted molar refractivity (Wildman–Crippen MR) is 152 cm³/mol. The fraction of sp³-hybridized carbons (Fsp3) is 0.103. The summed E-state index contributed by atoms with van der Waals surface area (Å²) in [5.74, 6) is 0.444. The van der Waals surface area contributed by atoms with Crippen LogP contribution in [-0.4, -0.2) is 38.9 Å². The maximum absolute atomic E-state index is 14.0. The number of H-pyrrole nitrogens is 1. The quantitative estimate of drug-likeness (QED) is 0.177. The fourth-order valence-corrected chi connectivity index (χ4v) is 5.46. The van der Waals surface area contributed by atoms with E-state index in [0.29, 0.717) is 17.9 Å². The number of carbonyl (C=O) groups is 1. The Labute approximate surface area is 231 Å². The van der Waals surface area contributed by atoms with Crippen molar-refractivity contribution in [2.75, 3.05) is 11.6 Å². The Morgan fingerprint density at radius 3 is 1.88 bits per heavy atom. The minimum absolute atomic E-state index is 0.0977. The Morgan fingerprint density at radius 2 is 1.32 bits per heavy atom. The molecule has 0 radical (unpaired) electrons. The molecule has 202 valence electrons. The van der Waals surface area contributed by atoms with Crippen LogP contribution in [0.3, 0.4) is 0 Å². The highest BCUT2D eigenvalue weighted by molar-refractivity contribution is 7.54. The minimum Gasteiger partial charge on any atom is -0.415 e. The second-order valence-corrected chi connectivity index (χ2v) is 10.7. The smallest absolute Gasteiger partial charge is 0.415 e. The SMILES string of the molecule is O=C(Nc1nnn[nH]1)C(Cc1ccc(-c2ccccc2)cc1)NCP(=O)(Oc1ccccc1)Oc1ccccc1. The molecule has 0 aliphatic heterocycles. The van der Waals surface area contributed by atoms with Crippen LogP contribution in [0.2, 0.25) is 0 Å². The summed E-state index contributed by atoms with van der Waals surface area (Å²) in [5.41, 5.74) is 3.05. The van der Waals surface area contributed by atoms with E-state index in [9.17, 15) is 9.36 Å². The maximum atomic E-state index is 14.0. The van der Waals surface area contributed by atoms with Crippen LogP contribution in [-0.2, 0) is 15.8 Å². The lowest BCUT2D eigenvalue weighted by atomic mass is 10.0. The second-order valence-electron chi connectivity index (χ2n) is 8.84. The predicted octanol–water partition coefficient (Wildman–Crippen LogP) is 5.31. The molecule has 4 aromatic carbocycles. The van der Waals surface area contributed by atoms with Gasteiger partial charge < -0.3 is 9.05 Å². The standard InChI is InChI=1S/C29H27N6O4P/c36-28(31-29-32-34-35-33-29)27(20-22-16-18-24(19-17-22)23-10-4-1-5-11-23)30-21-40(37,38-25-12-6-2-7-13-25)39-26-14-8-3-9-15-26/h1-19,27,30H,20-21H2,(H2,31,32,33,34,35,36). The highest BCUT2D eigenvalue weighted by Crippen LogP contribution is 2.47. The molecule has 1 unspecified atom stereocenters. The summed E-state index contributed by atoms with van der Waals surface area (Å²) in [6, 6.07) is 34.6. The molecule has 40 heavy (non-hydrogen) atoms. The number of tetrazole rings is 1. The topological polar surface area (TPSA) is 131 Å².